The average molecular weight is 984 g/mol. The van der Waals surface area contributed by atoms with E-state index in [1.807, 2.05) is 0 Å². The topological polar surface area (TPSA) is 9.72 Å². The first-order valence-corrected chi connectivity index (χ1v) is 26.6. The van der Waals surface area contributed by atoms with E-state index in [1.54, 1.807) is 0 Å². The van der Waals surface area contributed by atoms with Crippen LogP contribution < -0.4 is 14.7 Å². The highest BCUT2D eigenvalue weighted by Crippen LogP contribution is 2.67. The largest absolute Gasteiger partial charge is 0.310 e. The summed E-state index contributed by atoms with van der Waals surface area (Å²) >= 11 is 0. The molecular weight excluding hydrogens is 931 g/mol. The summed E-state index contributed by atoms with van der Waals surface area (Å²) in [4.78, 5) is 7.12. The molecule has 2 bridgehead atoms. The lowest BCUT2D eigenvalue weighted by molar-refractivity contribution is 0.557. The number of hydrogen-bond donors (Lipinski definition) is 0. The minimum Gasteiger partial charge on any atom is -0.310 e. The van der Waals surface area contributed by atoms with Crippen LogP contribution in [0.15, 0.2) is 322 Å². The monoisotopic (exact) mass is 983 g/mol. The third-order valence-corrected chi connectivity index (χ3v) is 15.9. The second-order valence-corrected chi connectivity index (χ2v) is 20.0. The van der Waals surface area contributed by atoms with Gasteiger partial charge in [-0.2, -0.15) is 0 Å². The molecule has 0 saturated carbocycles. The van der Waals surface area contributed by atoms with Crippen LogP contribution in [0.4, 0.5) is 51.2 Å². The van der Waals surface area contributed by atoms with Crippen LogP contribution in [0.1, 0.15) is 44.5 Å². The van der Waals surface area contributed by atoms with Crippen molar-refractivity contribution in [3.8, 4) is 11.1 Å². The molecule has 0 heterocycles. The van der Waals surface area contributed by atoms with E-state index in [-0.39, 0.29) is 0 Å². The standard InChI is InChI=1S/C74H53N3/c1-7-29-58(30-8-1)75(59-31-9-2-10-32-59)64-41-23-26-54(50-64)55-48-49-71-72(51-55)74(57-28-25-43-66(53-57)77(62-37-15-5-16-38-62)63-39-17-6-18-40-63)69-46-21-19-44-67(69)73(71,68-45-20-22-47-70(68)74)56-27-24-42-65(52-56)76(60-33-11-3-12-34-60)61-35-13-4-14-36-61/h1-53H. The molecular formula is C74H53N3. The number of nitrogens with zero attached hydrogens (tertiary/aromatic N) is 3. The summed E-state index contributed by atoms with van der Waals surface area (Å²) in [5.74, 6) is 0. The minimum atomic E-state index is -0.717. The predicted molar refractivity (Wildman–Crippen MR) is 320 cm³/mol. The normalized spacial score (nSPS) is 15.6. The zero-order chi connectivity index (χ0) is 51.2. The van der Waals surface area contributed by atoms with Gasteiger partial charge in [0, 0.05) is 51.2 Å². The van der Waals surface area contributed by atoms with Crippen molar-refractivity contribution >= 4 is 51.2 Å². The van der Waals surface area contributed by atoms with Crippen LogP contribution in [0.25, 0.3) is 11.1 Å². The zero-order valence-electron chi connectivity index (χ0n) is 42.4. The quantitative estimate of drug-likeness (QED) is 0.121. The van der Waals surface area contributed by atoms with Gasteiger partial charge in [-0.1, -0.05) is 206 Å². The molecule has 3 aliphatic rings. The van der Waals surface area contributed by atoms with Gasteiger partial charge in [0.15, 0.2) is 0 Å². The van der Waals surface area contributed by atoms with Crippen LogP contribution in [0, 0.1) is 0 Å². The first-order chi connectivity index (χ1) is 38.2. The lowest BCUT2D eigenvalue weighted by Gasteiger charge is -2.57. The fraction of sp³-hybridized carbons (Fsp3) is 0.0270. The molecule has 0 spiro atoms. The van der Waals surface area contributed by atoms with Gasteiger partial charge in [-0.05, 0) is 171 Å². The van der Waals surface area contributed by atoms with Crippen molar-refractivity contribution in [3.05, 3.63) is 366 Å². The highest BCUT2D eigenvalue weighted by atomic mass is 15.2. The molecule has 0 N–H and O–H groups in total. The van der Waals surface area contributed by atoms with Crippen molar-refractivity contribution in [2.24, 2.45) is 0 Å². The Hall–Kier alpha value is -9.96. The van der Waals surface area contributed by atoms with Crippen LogP contribution in [-0.4, -0.2) is 0 Å². The SMILES string of the molecule is c1ccc(N(c2ccccc2)c2cccc(-c3ccc4c(c3)C3(c5cccc(N(c6ccccc6)c6ccccc6)c5)c5ccccc5C4(c4cccc(N(c5ccccc5)c5ccccc5)c4)c4ccccc43)c2)cc1. The molecule has 0 aromatic heterocycles. The summed E-state index contributed by atoms with van der Waals surface area (Å²) in [7, 11) is 0. The second kappa shape index (κ2) is 19.1. The Morgan fingerprint density at radius 1 is 0.169 bits per heavy atom. The van der Waals surface area contributed by atoms with Crippen molar-refractivity contribution in [1.29, 1.82) is 0 Å². The van der Waals surface area contributed by atoms with Gasteiger partial charge in [0.2, 0.25) is 0 Å². The van der Waals surface area contributed by atoms with Gasteiger partial charge < -0.3 is 14.7 Å². The molecule has 15 rings (SSSR count). The maximum absolute atomic E-state index is 2.54. The van der Waals surface area contributed by atoms with E-state index in [1.165, 1.54) is 44.5 Å². The van der Waals surface area contributed by atoms with E-state index in [0.29, 0.717) is 0 Å². The van der Waals surface area contributed by atoms with Crippen LogP contribution in [0.5, 0.6) is 0 Å². The van der Waals surface area contributed by atoms with E-state index in [9.17, 15) is 0 Å². The Morgan fingerprint density at radius 2 is 0.429 bits per heavy atom. The lowest BCUT2D eigenvalue weighted by Crippen LogP contribution is -2.52. The fourth-order valence-corrected chi connectivity index (χ4v) is 12.8. The Kier molecular flexibility index (Phi) is 11.3. The van der Waals surface area contributed by atoms with Gasteiger partial charge in [0.05, 0.1) is 10.8 Å². The van der Waals surface area contributed by atoms with Crippen LogP contribution in [0.2, 0.25) is 0 Å². The van der Waals surface area contributed by atoms with Gasteiger partial charge in [0.1, 0.15) is 0 Å². The van der Waals surface area contributed by atoms with E-state index in [2.05, 4.69) is 336 Å². The van der Waals surface area contributed by atoms with E-state index in [0.717, 1.165) is 62.3 Å². The van der Waals surface area contributed by atoms with Gasteiger partial charge in [-0.3, -0.25) is 0 Å². The lowest BCUT2D eigenvalue weighted by atomic mass is 9.44. The maximum atomic E-state index is 2.54. The maximum Gasteiger partial charge on any atom is 0.0712 e. The number of para-hydroxylation sites is 6. The Bertz CT molecular complexity index is 3880. The molecule has 3 nitrogen and oxygen atoms in total. The fourth-order valence-electron chi connectivity index (χ4n) is 12.8. The highest BCUT2D eigenvalue weighted by Gasteiger charge is 2.60. The van der Waals surface area contributed by atoms with Gasteiger partial charge in [-0.15, -0.1) is 0 Å². The molecule has 12 aromatic carbocycles. The number of anilines is 9. The number of rotatable bonds is 12. The second-order valence-electron chi connectivity index (χ2n) is 20.0. The highest BCUT2D eigenvalue weighted by molar-refractivity contribution is 5.88. The number of hydrogen-bond acceptors (Lipinski definition) is 3. The van der Waals surface area contributed by atoms with Gasteiger partial charge in [-0.25, -0.2) is 0 Å². The predicted octanol–water partition coefficient (Wildman–Crippen LogP) is 19.2. The minimum absolute atomic E-state index is 0.686. The molecule has 3 aliphatic carbocycles. The summed E-state index contributed by atoms with van der Waals surface area (Å²) in [5, 5.41) is 0. The third kappa shape index (κ3) is 7.42. The number of benzene rings is 12. The van der Waals surface area contributed by atoms with Crippen LogP contribution in [0.3, 0.4) is 0 Å². The van der Waals surface area contributed by atoms with Crippen molar-refractivity contribution in [2.75, 3.05) is 14.7 Å². The molecule has 0 saturated heterocycles. The average Bonchev–Trinajstić information content (AvgIpc) is 3.66. The van der Waals surface area contributed by atoms with Crippen molar-refractivity contribution < 1.29 is 0 Å². The Balaban J connectivity index is 1.04. The van der Waals surface area contributed by atoms with Crippen molar-refractivity contribution in [2.45, 2.75) is 10.8 Å². The first kappa shape index (κ1) is 45.6. The summed E-state index contributed by atoms with van der Waals surface area (Å²) in [6.45, 7) is 0. The van der Waals surface area contributed by atoms with Crippen LogP contribution >= 0.6 is 0 Å². The molecule has 0 radical (unpaired) electrons. The van der Waals surface area contributed by atoms with E-state index in [4.69, 9.17) is 0 Å². The molecule has 3 heteroatoms. The zero-order valence-corrected chi connectivity index (χ0v) is 42.4. The third-order valence-electron chi connectivity index (χ3n) is 15.9. The Labute approximate surface area is 451 Å². The molecule has 0 amide bonds. The van der Waals surface area contributed by atoms with Crippen LogP contribution in [-0.2, 0) is 10.8 Å². The van der Waals surface area contributed by atoms with Gasteiger partial charge in [0.25, 0.3) is 0 Å². The van der Waals surface area contributed by atoms with E-state index >= 15 is 0 Å². The summed E-state index contributed by atoms with van der Waals surface area (Å²) < 4.78 is 0. The molecule has 0 atom stereocenters. The summed E-state index contributed by atoms with van der Waals surface area (Å²) in [6, 6.07) is 118. The summed E-state index contributed by atoms with van der Waals surface area (Å²) in [6.07, 6.45) is 0. The molecule has 0 aliphatic heterocycles. The Morgan fingerprint density at radius 3 is 0.779 bits per heavy atom. The van der Waals surface area contributed by atoms with Gasteiger partial charge >= 0.3 is 0 Å². The molecule has 364 valence electrons. The first-order valence-electron chi connectivity index (χ1n) is 26.6. The van der Waals surface area contributed by atoms with Crippen molar-refractivity contribution in [1.82, 2.24) is 0 Å². The van der Waals surface area contributed by atoms with Crippen molar-refractivity contribution in [3.63, 3.8) is 0 Å². The molecule has 77 heavy (non-hydrogen) atoms. The smallest absolute Gasteiger partial charge is 0.0712 e. The molecule has 0 fully saturated rings. The molecule has 0 unspecified atom stereocenters. The molecule has 12 aromatic rings. The van der Waals surface area contributed by atoms with E-state index < -0.39 is 10.8 Å². The summed E-state index contributed by atoms with van der Waals surface area (Å²) in [5.41, 5.74) is 20.9.